The Balaban J connectivity index is 2.01. The molecule has 1 amide bonds. The molecule has 0 heterocycles. The van der Waals surface area contributed by atoms with Gasteiger partial charge in [0.25, 0.3) is 5.91 Å². The molecule has 0 aromatic heterocycles. The SMILES string of the molecule is CN(Cc1c(F)cccc1Cl)C(=O)COc1ccccc1[N+](=O)[O-]. The van der Waals surface area contributed by atoms with Gasteiger partial charge in [-0.3, -0.25) is 14.9 Å². The van der Waals surface area contributed by atoms with Crippen LogP contribution in [0.3, 0.4) is 0 Å². The number of benzene rings is 2. The number of amides is 1. The fourth-order valence-corrected chi connectivity index (χ4v) is 2.21. The van der Waals surface area contributed by atoms with E-state index in [1.54, 1.807) is 6.07 Å². The average Bonchev–Trinajstić information content (AvgIpc) is 2.56. The number of carbonyl (C=O) groups is 1. The van der Waals surface area contributed by atoms with Crippen molar-refractivity contribution in [3.05, 3.63) is 69.0 Å². The molecule has 2 aromatic rings. The molecule has 24 heavy (non-hydrogen) atoms. The summed E-state index contributed by atoms with van der Waals surface area (Å²) in [4.78, 5) is 23.6. The van der Waals surface area contributed by atoms with Crippen LogP contribution < -0.4 is 4.74 Å². The second-order valence-corrected chi connectivity index (χ2v) is 5.37. The summed E-state index contributed by atoms with van der Waals surface area (Å²) >= 11 is 5.92. The van der Waals surface area contributed by atoms with E-state index in [9.17, 15) is 19.3 Å². The van der Waals surface area contributed by atoms with Gasteiger partial charge in [-0.1, -0.05) is 29.8 Å². The van der Waals surface area contributed by atoms with Gasteiger partial charge in [0.1, 0.15) is 5.82 Å². The van der Waals surface area contributed by atoms with Crippen molar-refractivity contribution in [3.8, 4) is 5.75 Å². The number of hydrogen-bond acceptors (Lipinski definition) is 4. The third-order valence-corrected chi connectivity index (χ3v) is 3.65. The van der Waals surface area contributed by atoms with Crippen LogP contribution in [0.5, 0.6) is 5.75 Å². The van der Waals surface area contributed by atoms with Crippen molar-refractivity contribution in [1.82, 2.24) is 4.90 Å². The highest BCUT2D eigenvalue weighted by molar-refractivity contribution is 6.31. The van der Waals surface area contributed by atoms with E-state index >= 15 is 0 Å². The number of likely N-dealkylation sites (N-methyl/N-ethyl adjacent to an activating group) is 1. The summed E-state index contributed by atoms with van der Waals surface area (Å²) in [7, 11) is 1.47. The van der Waals surface area contributed by atoms with E-state index in [4.69, 9.17) is 16.3 Å². The highest BCUT2D eigenvalue weighted by Crippen LogP contribution is 2.26. The lowest BCUT2D eigenvalue weighted by atomic mass is 10.2. The molecule has 8 heteroatoms. The first-order valence-corrected chi connectivity index (χ1v) is 7.31. The Labute approximate surface area is 142 Å². The number of rotatable bonds is 6. The number of halogens is 2. The van der Waals surface area contributed by atoms with Crippen LogP contribution in [0.4, 0.5) is 10.1 Å². The maximum absolute atomic E-state index is 13.7. The smallest absolute Gasteiger partial charge is 0.310 e. The van der Waals surface area contributed by atoms with Crippen LogP contribution in [0.1, 0.15) is 5.56 Å². The fourth-order valence-electron chi connectivity index (χ4n) is 1.99. The summed E-state index contributed by atoms with van der Waals surface area (Å²) in [6, 6.07) is 10.0. The molecule has 0 unspecified atom stereocenters. The van der Waals surface area contributed by atoms with Gasteiger partial charge in [0.2, 0.25) is 0 Å². The Morgan fingerprint density at radius 2 is 2.00 bits per heavy atom. The molecule has 2 aromatic carbocycles. The number of nitro benzene ring substituents is 1. The molecule has 2 rings (SSSR count). The summed E-state index contributed by atoms with van der Waals surface area (Å²) in [5.74, 6) is -0.984. The summed E-state index contributed by atoms with van der Waals surface area (Å²) in [5.41, 5.74) is -0.0363. The van der Waals surface area contributed by atoms with Gasteiger partial charge in [0.15, 0.2) is 12.4 Å². The second-order valence-electron chi connectivity index (χ2n) is 4.96. The highest BCUT2D eigenvalue weighted by Gasteiger charge is 2.18. The van der Waals surface area contributed by atoms with Crippen LogP contribution in [-0.2, 0) is 11.3 Å². The molecule has 6 nitrogen and oxygen atoms in total. The number of ether oxygens (including phenoxy) is 1. The Hall–Kier alpha value is -2.67. The topological polar surface area (TPSA) is 72.7 Å². The first-order valence-electron chi connectivity index (χ1n) is 6.93. The number of nitrogens with zero attached hydrogens (tertiary/aromatic N) is 2. The Bertz CT molecular complexity index is 749. The molecule has 0 atom stereocenters. The van der Waals surface area contributed by atoms with Gasteiger partial charge in [-0.15, -0.1) is 0 Å². The molecule has 0 bridgehead atoms. The van der Waals surface area contributed by atoms with E-state index in [-0.39, 0.29) is 28.6 Å². The van der Waals surface area contributed by atoms with Crippen LogP contribution >= 0.6 is 11.6 Å². The predicted octanol–water partition coefficient (Wildman–Crippen LogP) is 3.42. The molecular weight excluding hydrogens is 339 g/mol. The lowest BCUT2D eigenvalue weighted by Crippen LogP contribution is -2.31. The van der Waals surface area contributed by atoms with Crippen molar-refractivity contribution in [2.24, 2.45) is 0 Å². The molecule has 0 fully saturated rings. The minimum Gasteiger partial charge on any atom is -0.477 e. The van der Waals surface area contributed by atoms with Crippen molar-refractivity contribution >= 4 is 23.2 Å². The van der Waals surface area contributed by atoms with Crippen LogP contribution in [0.2, 0.25) is 5.02 Å². The molecule has 0 spiro atoms. The summed E-state index contributed by atoms with van der Waals surface area (Å²) < 4.78 is 19.0. The maximum Gasteiger partial charge on any atom is 0.310 e. The predicted molar refractivity (Wildman–Crippen MR) is 86.5 cm³/mol. The van der Waals surface area contributed by atoms with Crippen molar-refractivity contribution < 1.29 is 18.8 Å². The maximum atomic E-state index is 13.7. The number of carbonyl (C=O) groups excluding carboxylic acids is 1. The van der Waals surface area contributed by atoms with E-state index in [1.165, 1.54) is 48.3 Å². The fraction of sp³-hybridized carbons (Fsp3) is 0.188. The molecule has 0 saturated heterocycles. The molecule has 0 radical (unpaired) electrons. The Kier molecular flexibility index (Phi) is 5.70. The van der Waals surface area contributed by atoms with Gasteiger partial charge in [-0.2, -0.15) is 0 Å². The van der Waals surface area contributed by atoms with Crippen LogP contribution in [0.25, 0.3) is 0 Å². The summed E-state index contributed by atoms with van der Waals surface area (Å²) in [6.07, 6.45) is 0. The molecular formula is C16H14ClFN2O4. The van der Waals surface area contributed by atoms with Crippen LogP contribution in [0.15, 0.2) is 42.5 Å². The monoisotopic (exact) mass is 352 g/mol. The normalized spacial score (nSPS) is 10.3. The zero-order valence-electron chi connectivity index (χ0n) is 12.7. The Morgan fingerprint density at radius 3 is 2.67 bits per heavy atom. The average molecular weight is 353 g/mol. The lowest BCUT2D eigenvalue weighted by molar-refractivity contribution is -0.385. The first kappa shape index (κ1) is 17.7. The van der Waals surface area contributed by atoms with Crippen molar-refractivity contribution in [2.45, 2.75) is 6.54 Å². The van der Waals surface area contributed by atoms with E-state index in [1.807, 2.05) is 0 Å². The standard InChI is InChI=1S/C16H14ClFN2O4/c1-19(9-11-12(17)5-4-6-13(11)18)16(21)10-24-15-8-3-2-7-14(15)20(22)23/h2-8H,9-10H2,1H3. The van der Waals surface area contributed by atoms with Crippen molar-refractivity contribution in [1.29, 1.82) is 0 Å². The second kappa shape index (κ2) is 7.74. The van der Waals surface area contributed by atoms with Gasteiger partial charge in [0.05, 0.1) is 4.92 Å². The van der Waals surface area contributed by atoms with Crippen LogP contribution in [0, 0.1) is 15.9 Å². The molecule has 0 saturated carbocycles. The largest absolute Gasteiger partial charge is 0.477 e. The van der Waals surface area contributed by atoms with Crippen LogP contribution in [-0.4, -0.2) is 29.4 Å². The van der Waals surface area contributed by atoms with Gasteiger partial charge >= 0.3 is 5.69 Å². The Morgan fingerprint density at radius 1 is 1.29 bits per heavy atom. The van der Waals surface area contributed by atoms with Gasteiger partial charge < -0.3 is 9.64 Å². The van der Waals surface area contributed by atoms with Crippen molar-refractivity contribution in [3.63, 3.8) is 0 Å². The van der Waals surface area contributed by atoms with Gasteiger partial charge in [-0.25, -0.2) is 4.39 Å². The molecule has 0 aliphatic heterocycles. The molecule has 0 N–H and O–H groups in total. The third kappa shape index (κ3) is 4.20. The van der Waals surface area contributed by atoms with E-state index < -0.39 is 23.3 Å². The number of nitro groups is 1. The minimum absolute atomic E-state index is 0.00632. The van der Waals surface area contributed by atoms with Gasteiger partial charge in [-0.05, 0) is 18.2 Å². The lowest BCUT2D eigenvalue weighted by Gasteiger charge is -2.18. The number of hydrogen-bond donors (Lipinski definition) is 0. The first-order chi connectivity index (χ1) is 11.4. The molecule has 126 valence electrons. The minimum atomic E-state index is -0.595. The highest BCUT2D eigenvalue weighted by atomic mass is 35.5. The third-order valence-electron chi connectivity index (χ3n) is 3.30. The van der Waals surface area contributed by atoms with E-state index in [0.717, 1.165) is 0 Å². The van der Waals surface area contributed by atoms with E-state index in [2.05, 4.69) is 0 Å². The number of para-hydroxylation sites is 2. The molecule has 0 aliphatic carbocycles. The van der Waals surface area contributed by atoms with E-state index in [0.29, 0.717) is 0 Å². The summed E-state index contributed by atoms with van der Waals surface area (Å²) in [5, 5.41) is 11.1. The molecule has 0 aliphatic rings. The van der Waals surface area contributed by atoms with Gasteiger partial charge in [0, 0.05) is 30.2 Å². The zero-order valence-corrected chi connectivity index (χ0v) is 13.5. The quantitative estimate of drug-likeness (QED) is 0.589. The summed E-state index contributed by atoms with van der Waals surface area (Å²) in [6.45, 7) is -0.446. The zero-order chi connectivity index (χ0) is 17.7. The van der Waals surface area contributed by atoms with Crippen molar-refractivity contribution in [2.75, 3.05) is 13.7 Å².